The maximum Gasteiger partial charge on any atom is 0.248 e. The second kappa shape index (κ2) is 8.28. The number of thiazole rings is 1. The molecule has 1 aliphatic heterocycles. The summed E-state index contributed by atoms with van der Waals surface area (Å²) in [4.78, 5) is 17.1. The quantitative estimate of drug-likeness (QED) is 0.783. The molecule has 0 spiro atoms. The van der Waals surface area contributed by atoms with Gasteiger partial charge in [0.2, 0.25) is 15.9 Å². The molecule has 2 aromatic rings. The average molecular weight is 394 g/mol. The van der Waals surface area contributed by atoms with Crippen LogP contribution in [0.25, 0.3) is 0 Å². The molecule has 0 unspecified atom stereocenters. The van der Waals surface area contributed by atoms with E-state index in [9.17, 15) is 13.2 Å². The summed E-state index contributed by atoms with van der Waals surface area (Å²) in [6.45, 7) is 1.19. The number of amides is 1. The van der Waals surface area contributed by atoms with Gasteiger partial charge < -0.3 is 4.57 Å². The summed E-state index contributed by atoms with van der Waals surface area (Å²) in [6.07, 6.45) is 5.64. The summed E-state index contributed by atoms with van der Waals surface area (Å²) in [7, 11) is -1.55. The highest BCUT2D eigenvalue weighted by atomic mass is 32.2. The molecule has 0 atom stereocenters. The van der Waals surface area contributed by atoms with E-state index in [1.54, 1.807) is 28.6 Å². The summed E-state index contributed by atoms with van der Waals surface area (Å²) in [5.74, 6) is -0.173. The number of sulfonamides is 1. The Kier molecular flexibility index (Phi) is 6.05. The van der Waals surface area contributed by atoms with Crippen molar-refractivity contribution in [1.29, 1.82) is 0 Å². The van der Waals surface area contributed by atoms with E-state index in [-0.39, 0.29) is 5.91 Å². The molecule has 8 heteroatoms. The molecule has 26 heavy (non-hydrogen) atoms. The minimum Gasteiger partial charge on any atom is -0.327 e. The molecule has 140 valence electrons. The Balaban J connectivity index is 1.63. The van der Waals surface area contributed by atoms with Gasteiger partial charge in [-0.15, -0.1) is 11.3 Å². The molecule has 3 rings (SSSR count). The summed E-state index contributed by atoms with van der Waals surface area (Å²) in [5.41, 5.74) is 0.932. The minimum atomic E-state index is -3.40. The van der Waals surface area contributed by atoms with Crippen molar-refractivity contribution in [3.63, 3.8) is 0 Å². The van der Waals surface area contributed by atoms with Gasteiger partial charge in [0, 0.05) is 38.1 Å². The highest BCUT2D eigenvalue weighted by molar-refractivity contribution is 7.89. The van der Waals surface area contributed by atoms with Crippen LogP contribution in [0, 0.1) is 0 Å². The van der Waals surface area contributed by atoms with Gasteiger partial charge in [-0.05, 0) is 37.0 Å². The first-order chi connectivity index (χ1) is 12.5. The maximum absolute atomic E-state index is 12.6. The fraction of sp³-hybridized carbons (Fsp3) is 0.444. The molecule has 0 bridgehead atoms. The molecule has 1 aromatic heterocycles. The van der Waals surface area contributed by atoms with E-state index in [0.717, 1.165) is 24.8 Å². The Morgan fingerprint density at radius 2 is 1.85 bits per heavy atom. The Bertz CT molecular complexity index is 921. The third-order valence-electron chi connectivity index (χ3n) is 4.48. The molecule has 0 radical (unpaired) electrons. The molecule has 2 heterocycles. The molecule has 1 aliphatic rings. The lowest BCUT2D eigenvalue weighted by molar-refractivity contribution is -0.118. The van der Waals surface area contributed by atoms with Crippen molar-refractivity contribution >= 4 is 27.3 Å². The zero-order valence-electron chi connectivity index (χ0n) is 14.8. The molecule has 0 aliphatic carbocycles. The number of aryl methyl sites for hydroxylation is 2. The maximum atomic E-state index is 12.6. The number of rotatable bonds is 5. The smallest absolute Gasteiger partial charge is 0.248 e. The van der Waals surface area contributed by atoms with Crippen LogP contribution in [0.5, 0.6) is 0 Å². The van der Waals surface area contributed by atoms with Crippen molar-refractivity contribution in [1.82, 2.24) is 8.87 Å². The first-order valence-electron chi connectivity index (χ1n) is 8.73. The number of hydrogen-bond acceptors (Lipinski definition) is 4. The van der Waals surface area contributed by atoms with Gasteiger partial charge in [0.1, 0.15) is 0 Å². The highest BCUT2D eigenvalue weighted by Gasteiger charge is 2.25. The van der Waals surface area contributed by atoms with Crippen LogP contribution in [0.1, 0.15) is 31.2 Å². The summed E-state index contributed by atoms with van der Waals surface area (Å²) >= 11 is 1.42. The van der Waals surface area contributed by atoms with Gasteiger partial charge in [-0.25, -0.2) is 8.42 Å². The van der Waals surface area contributed by atoms with Crippen molar-refractivity contribution < 1.29 is 13.2 Å². The molecular weight excluding hydrogens is 370 g/mol. The summed E-state index contributed by atoms with van der Waals surface area (Å²) in [5, 5.41) is 1.88. The molecular formula is C18H23N3O3S2. The van der Waals surface area contributed by atoms with Gasteiger partial charge in [-0.2, -0.15) is 9.30 Å². The lowest BCUT2D eigenvalue weighted by Gasteiger charge is -2.25. The van der Waals surface area contributed by atoms with Gasteiger partial charge >= 0.3 is 0 Å². The number of piperidine rings is 1. The number of aromatic nitrogens is 1. The van der Waals surface area contributed by atoms with Crippen molar-refractivity contribution in [2.24, 2.45) is 12.0 Å². The monoisotopic (exact) mass is 393 g/mol. The topological polar surface area (TPSA) is 71.7 Å². The molecule has 1 amide bonds. The number of carbonyl (C=O) groups excluding carboxylic acids is 1. The van der Waals surface area contributed by atoms with E-state index in [4.69, 9.17) is 0 Å². The van der Waals surface area contributed by atoms with E-state index < -0.39 is 10.0 Å². The zero-order valence-corrected chi connectivity index (χ0v) is 16.4. The number of hydrogen-bond donors (Lipinski definition) is 0. The number of nitrogens with zero attached hydrogens (tertiary/aromatic N) is 3. The molecule has 1 fully saturated rings. The standard InChI is InChI=1S/C18H23N3O3S2/c1-20-13-14-25-18(20)19-17(22)10-7-15-5-8-16(9-6-15)26(23,24)21-11-3-2-4-12-21/h5-6,8-9,13-14H,2-4,7,10-12H2,1H3. The fourth-order valence-electron chi connectivity index (χ4n) is 2.93. The van der Waals surface area contributed by atoms with E-state index in [1.165, 1.54) is 11.3 Å². The van der Waals surface area contributed by atoms with Crippen LogP contribution in [-0.2, 0) is 28.3 Å². The lowest BCUT2D eigenvalue weighted by atomic mass is 10.1. The fourth-order valence-corrected chi connectivity index (χ4v) is 5.19. The van der Waals surface area contributed by atoms with E-state index in [2.05, 4.69) is 4.99 Å². The van der Waals surface area contributed by atoms with Crippen molar-refractivity contribution in [2.75, 3.05) is 13.1 Å². The van der Waals surface area contributed by atoms with Crippen LogP contribution in [0.2, 0.25) is 0 Å². The van der Waals surface area contributed by atoms with Gasteiger partial charge in [-0.1, -0.05) is 18.6 Å². The average Bonchev–Trinajstić information content (AvgIpc) is 3.06. The number of carbonyl (C=O) groups is 1. The van der Waals surface area contributed by atoms with Crippen molar-refractivity contribution in [3.8, 4) is 0 Å². The van der Waals surface area contributed by atoms with Gasteiger partial charge in [0.25, 0.3) is 0 Å². The Morgan fingerprint density at radius 3 is 2.46 bits per heavy atom. The molecule has 6 nitrogen and oxygen atoms in total. The molecule has 0 saturated carbocycles. The Labute approximate surface area is 157 Å². The molecule has 1 saturated heterocycles. The van der Waals surface area contributed by atoms with Crippen molar-refractivity contribution in [3.05, 3.63) is 46.2 Å². The highest BCUT2D eigenvalue weighted by Crippen LogP contribution is 2.21. The third kappa shape index (κ3) is 4.49. The van der Waals surface area contributed by atoms with Gasteiger partial charge in [-0.3, -0.25) is 4.79 Å². The first-order valence-corrected chi connectivity index (χ1v) is 11.1. The van der Waals surface area contributed by atoms with Crippen molar-refractivity contribution in [2.45, 2.75) is 37.0 Å². The predicted molar refractivity (Wildman–Crippen MR) is 101 cm³/mol. The SMILES string of the molecule is Cn1ccsc1=NC(=O)CCc1ccc(S(=O)(=O)N2CCCCC2)cc1. The van der Waals surface area contributed by atoms with Crippen LogP contribution < -0.4 is 4.80 Å². The Morgan fingerprint density at radius 1 is 1.15 bits per heavy atom. The zero-order chi connectivity index (χ0) is 18.6. The number of benzene rings is 1. The second-order valence-corrected chi connectivity index (χ2v) is 9.22. The molecule has 0 N–H and O–H groups in total. The van der Waals surface area contributed by atoms with Crippen LogP contribution in [0.4, 0.5) is 0 Å². The second-order valence-electron chi connectivity index (χ2n) is 6.41. The van der Waals surface area contributed by atoms with Crippen LogP contribution in [-0.4, -0.2) is 36.3 Å². The lowest BCUT2D eigenvalue weighted by Crippen LogP contribution is -2.35. The van der Waals surface area contributed by atoms with Gasteiger partial charge in [0.05, 0.1) is 4.90 Å². The third-order valence-corrected chi connectivity index (χ3v) is 7.24. The predicted octanol–water partition coefficient (Wildman–Crippen LogP) is 2.32. The van der Waals surface area contributed by atoms with E-state index >= 15 is 0 Å². The first kappa shape index (κ1) is 19.0. The van der Waals surface area contributed by atoms with Crippen LogP contribution in [0.15, 0.2) is 45.7 Å². The Hall–Kier alpha value is -1.77. The van der Waals surface area contributed by atoms with Crippen LogP contribution in [0.3, 0.4) is 0 Å². The van der Waals surface area contributed by atoms with E-state index in [1.807, 2.05) is 23.2 Å². The normalized spacial score (nSPS) is 16.7. The summed E-state index contributed by atoms with van der Waals surface area (Å²) in [6, 6.07) is 6.85. The van der Waals surface area contributed by atoms with E-state index in [0.29, 0.717) is 35.6 Å². The minimum absolute atomic E-state index is 0.173. The summed E-state index contributed by atoms with van der Waals surface area (Å²) < 4.78 is 28.6. The largest absolute Gasteiger partial charge is 0.327 e. The van der Waals surface area contributed by atoms with Gasteiger partial charge in [0.15, 0.2) is 4.80 Å². The van der Waals surface area contributed by atoms with Crippen LogP contribution >= 0.6 is 11.3 Å². The molecule has 1 aromatic carbocycles.